The summed E-state index contributed by atoms with van der Waals surface area (Å²) in [4.78, 5) is 28.1. The highest BCUT2D eigenvalue weighted by atomic mass is 32.2. The normalized spacial score (nSPS) is 10.5. The predicted molar refractivity (Wildman–Crippen MR) is 94.6 cm³/mol. The molecule has 0 atom stereocenters. The van der Waals surface area contributed by atoms with Gasteiger partial charge in [-0.15, -0.1) is 11.3 Å². The maximum Gasteiger partial charge on any atom is 0.348 e. The molecule has 2 N–H and O–H groups in total. The number of aromatic nitrogens is 1. The van der Waals surface area contributed by atoms with Crippen LogP contribution in [0.2, 0.25) is 0 Å². The number of nitrogen functional groups attached to an aromatic ring is 1. The van der Waals surface area contributed by atoms with E-state index in [1.165, 1.54) is 18.3 Å². The van der Waals surface area contributed by atoms with E-state index in [2.05, 4.69) is 4.98 Å². The van der Waals surface area contributed by atoms with Gasteiger partial charge in [-0.1, -0.05) is 0 Å². The maximum atomic E-state index is 12.6. The lowest BCUT2D eigenvalue weighted by molar-refractivity contribution is 0.0448. The van der Waals surface area contributed by atoms with Gasteiger partial charge >= 0.3 is 11.9 Å². The predicted octanol–water partition coefficient (Wildman–Crippen LogP) is 3.45. The van der Waals surface area contributed by atoms with Gasteiger partial charge in [-0.25, -0.2) is 14.6 Å². The van der Waals surface area contributed by atoms with Crippen molar-refractivity contribution < 1.29 is 27.8 Å². The second kappa shape index (κ2) is 9.29. The fourth-order valence-corrected chi connectivity index (χ4v) is 3.53. The Morgan fingerprint density at radius 2 is 2.15 bits per heavy atom. The highest BCUT2D eigenvalue weighted by Crippen LogP contribution is 2.32. The Kier molecular flexibility index (Phi) is 7.09. The zero-order valence-corrected chi connectivity index (χ0v) is 15.5. The number of hydrogen-bond acceptors (Lipinski definition) is 9. The number of carbonyl (C=O) groups excluding carboxylic acids is 2. The standard InChI is InChI=1S/C16H13F2N3O4S2/c1-2-24-15(23)11-10(9(6-19)12(20)26-11)7-25-14(22)8-4-3-5-21-13(8)27-16(17)18/h3-5,16H,2,7,20H2,1H3. The highest BCUT2D eigenvalue weighted by Gasteiger charge is 2.25. The summed E-state index contributed by atoms with van der Waals surface area (Å²) in [5.74, 6) is -4.38. The van der Waals surface area contributed by atoms with Crippen molar-refractivity contribution in [2.45, 2.75) is 24.3 Å². The average Bonchev–Trinajstić information content (AvgIpc) is 2.95. The van der Waals surface area contributed by atoms with Crippen LogP contribution < -0.4 is 5.73 Å². The van der Waals surface area contributed by atoms with E-state index in [9.17, 15) is 23.6 Å². The van der Waals surface area contributed by atoms with Gasteiger partial charge in [-0.3, -0.25) is 0 Å². The van der Waals surface area contributed by atoms with Crippen molar-refractivity contribution in [1.82, 2.24) is 4.98 Å². The Morgan fingerprint density at radius 1 is 1.41 bits per heavy atom. The highest BCUT2D eigenvalue weighted by molar-refractivity contribution is 7.99. The molecule has 0 aliphatic carbocycles. The third-order valence-electron chi connectivity index (χ3n) is 3.15. The van der Waals surface area contributed by atoms with Crippen LogP contribution in [0.1, 0.15) is 38.1 Å². The molecule has 27 heavy (non-hydrogen) atoms. The fourth-order valence-electron chi connectivity index (χ4n) is 2.05. The van der Waals surface area contributed by atoms with Gasteiger partial charge in [0.05, 0.1) is 17.7 Å². The molecule has 0 saturated carbocycles. The minimum Gasteiger partial charge on any atom is -0.462 e. The van der Waals surface area contributed by atoms with Gasteiger partial charge in [0.25, 0.3) is 5.76 Å². The molecule has 2 rings (SSSR count). The molecule has 142 valence electrons. The molecule has 2 aromatic rings. The molecular weight excluding hydrogens is 400 g/mol. The first-order chi connectivity index (χ1) is 12.9. The molecule has 0 aromatic carbocycles. The smallest absolute Gasteiger partial charge is 0.348 e. The van der Waals surface area contributed by atoms with Crippen LogP contribution in [-0.4, -0.2) is 29.3 Å². The average molecular weight is 413 g/mol. The third-order valence-corrected chi connectivity index (χ3v) is 4.91. The van der Waals surface area contributed by atoms with Crippen LogP contribution in [0.3, 0.4) is 0 Å². The maximum absolute atomic E-state index is 12.6. The van der Waals surface area contributed by atoms with Gasteiger partial charge in [0.1, 0.15) is 27.6 Å². The number of esters is 2. The lowest BCUT2D eigenvalue weighted by atomic mass is 10.1. The van der Waals surface area contributed by atoms with Crippen LogP contribution in [0.4, 0.5) is 13.8 Å². The van der Waals surface area contributed by atoms with Crippen molar-refractivity contribution in [3.05, 3.63) is 39.9 Å². The Labute approximate surface area is 161 Å². The zero-order chi connectivity index (χ0) is 20.0. The lowest BCUT2D eigenvalue weighted by Gasteiger charge is -2.09. The monoisotopic (exact) mass is 413 g/mol. The van der Waals surface area contributed by atoms with Crippen LogP contribution in [-0.2, 0) is 16.1 Å². The van der Waals surface area contributed by atoms with Crippen LogP contribution in [0.5, 0.6) is 0 Å². The first-order valence-electron chi connectivity index (χ1n) is 7.44. The molecule has 0 bridgehead atoms. The zero-order valence-electron chi connectivity index (χ0n) is 13.9. The van der Waals surface area contributed by atoms with E-state index in [-0.39, 0.29) is 50.0 Å². The molecular formula is C16H13F2N3O4S2. The summed E-state index contributed by atoms with van der Waals surface area (Å²) in [7, 11) is 0. The van der Waals surface area contributed by atoms with Crippen molar-refractivity contribution in [2.24, 2.45) is 0 Å². The van der Waals surface area contributed by atoms with Crippen LogP contribution >= 0.6 is 23.1 Å². The van der Waals surface area contributed by atoms with Gasteiger partial charge in [-0.05, 0) is 30.8 Å². The van der Waals surface area contributed by atoms with Crippen molar-refractivity contribution >= 4 is 40.0 Å². The first-order valence-corrected chi connectivity index (χ1v) is 9.13. The SMILES string of the molecule is CCOC(=O)c1sc(N)c(C#N)c1COC(=O)c1cccnc1SC(F)F. The van der Waals surface area contributed by atoms with E-state index in [1.807, 2.05) is 6.07 Å². The topological polar surface area (TPSA) is 115 Å². The third kappa shape index (κ3) is 4.93. The number of alkyl halides is 2. The van der Waals surface area contributed by atoms with E-state index in [0.29, 0.717) is 0 Å². The molecule has 0 spiro atoms. The summed E-state index contributed by atoms with van der Waals surface area (Å²) >= 11 is 0.958. The summed E-state index contributed by atoms with van der Waals surface area (Å²) in [6.07, 6.45) is 1.27. The number of nitrogens with zero attached hydrogens (tertiary/aromatic N) is 2. The van der Waals surface area contributed by atoms with E-state index >= 15 is 0 Å². The number of thiophene rings is 1. The number of rotatable bonds is 7. The van der Waals surface area contributed by atoms with Gasteiger partial charge in [-0.2, -0.15) is 14.0 Å². The lowest BCUT2D eigenvalue weighted by Crippen LogP contribution is -2.11. The van der Waals surface area contributed by atoms with Crippen molar-refractivity contribution in [3.8, 4) is 6.07 Å². The number of pyridine rings is 1. The molecule has 0 saturated heterocycles. The van der Waals surface area contributed by atoms with Gasteiger partial charge in [0.15, 0.2) is 0 Å². The number of nitriles is 1. The summed E-state index contributed by atoms with van der Waals surface area (Å²) in [6, 6.07) is 4.55. The molecule has 2 heterocycles. The summed E-state index contributed by atoms with van der Waals surface area (Å²) in [5, 5.41) is 9.14. The second-order valence-corrected chi connectivity index (χ2v) is 6.82. The number of halogens is 2. The van der Waals surface area contributed by atoms with Gasteiger partial charge < -0.3 is 15.2 Å². The summed E-state index contributed by atoms with van der Waals surface area (Å²) in [6.45, 7) is 1.28. The molecule has 0 aliphatic rings. The van der Waals surface area contributed by atoms with Crippen molar-refractivity contribution in [2.75, 3.05) is 12.3 Å². The van der Waals surface area contributed by atoms with E-state index < -0.39 is 24.3 Å². The number of carbonyl (C=O) groups is 2. The Morgan fingerprint density at radius 3 is 2.78 bits per heavy atom. The summed E-state index contributed by atoms with van der Waals surface area (Å²) < 4.78 is 35.2. The Hall–Kier alpha value is -2.71. The van der Waals surface area contributed by atoms with E-state index in [4.69, 9.17) is 15.2 Å². The molecule has 0 radical (unpaired) electrons. The Bertz CT molecular complexity index is 896. The molecule has 0 aliphatic heterocycles. The van der Waals surface area contributed by atoms with Crippen LogP contribution in [0, 0.1) is 11.3 Å². The van der Waals surface area contributed by atoms with Gasteiger partial charge in [0, 0.05) is 11.8 Å². The van der Waals surface area contributed by atoms with Crippen molar-refractivity contribution in [3.63, 3.8) is 0 Å². The molecule has 11 heteroatoms. The molecule has 7 nitrogen and oxygen atoms in total. The Balaban J connectivity index is 2.26. The van der Waals surface area contributed by atoms with Crippen LogP contribution in [0.25, 0.3) is 0 Å². The molecule has 0 unspecified atom stereocenters. The number of thioether (sulfide) groups is 1. The first kappa shape index (κ1) is 20.6. The van der Waals surface area contributed by atoms with E-state index in [1.54, 1.807) is 6.92 Å². The molecule has 0 amide bonds. The number of hydrogen-bond donors (Lipinski definition) is 1. The van der Waals surface area contributed by atoms with Gasteiger partial charge in [0.2, 0.25) is 0 Å². The minimum absolute atomic E-state index is 0.00391. The molecule has 0 fully saturated rings. The fraction of sp³-hybridized carbons (Fsp3) is 0.250. The number of nitrogens with two attached hydrogens (primary N) is 1. The minimum atomic E-state index is -2.76. The number of ether oxygens (including phenoxy) is 2. The quantitative estimate of drug-likeness (QED) is 0.542. The molecule has 2 aromatic heterocycles. The van der Waals surface area contributed by atoms with Crippen LogP contribution in [0.15, 0.2) is 23.4 Å². The largest absolute Gasteiger partial charge is 0.462 e. The second-order valence-electron chi connectivity index (χ2n) is 4.79. The van der Waals surface area contributed by atoms with E-state index in [0.717, 1.165) is 11.3 Å². The summed E-state index contributed by atoms with van der Waals surface area (Å²) in [5.41, 5.74) is 5.70. The number of anilines is 1. The van der Waals surface area contributed by atoms with Crippen molar-refractivity contribution in [1.29, 1.82) is 5.26 Å².